The number of amides is 3. The molecule has 2 aromatic carbocycles. The average Bonchev–Trinajstić information content (AvgIpc) is 3.02. The van der Waals surface area contributed by atoms with E-state index >= 15 is 0 Å². The fourth-order valence-electron chi connectivity index (χ4n) is 4.60. The summed E-state index contributed by atoms with van der Waals surface area (Å²) in [5.41, 5.74) is 2.09. The Labute approximate surface area is 171 Å². The molecule has 1 fully saturated rings. The molecule has 0 unspecified atom stereocenters. The highest BCUT2D eigenvalue weighted by atomic mass is 16.2. The summed E-state index contributed by atoms with van der Waals surface area (Å²) in [6, 6.07) is 17.2. The second kappa shape index (κ2) is 8.19. The Morgan fingerprint density at radius 1 is 0.862 bits per heavy atom. The van der Waals surface area contributed by atoms with Gasteiger partial charge in [-0.1, -0.05) is 61.7 Å². The molecule has 2 aliphatic rings. The maximum absolute atomic E-state index is 12.5. The van der Waals surface area contributed by atoms with Crippen molar-refractivity contribution in [1.29, 1.82) is 0 Å². The van der Waals surface area contributed by atoms with Crippen molar-refractivity contribution < 1.29 is 14.4 Å². The number of benzene rings is 2. The van der Waals surface area contributed by atoms with Crippen LogP contribution in [0.15, 0.2) is 54.6 Å². The van der Waals surface area contributed by atoms with Crippen molar-refractivity contribution in [2.75, 3.05) is 13.1 Å². The maximum Gasteiger partial charge on any atom is 0.261 e. The van der Waals surface area contributed by atoms with Gasteiger partial charge in [-0.05, 0) is 30.5 Å². The van der Waals surface area contributed by atoms with Crippen molar-refractivity contribution in [2.45, 2.75) is 43.9 Å². The molecule has 1 aliphatic heterocycles. The van der Waals surface area contributed by atoms with Gasteiger partial charge in [0.2, 0.25) is 5.91 Å². The lowest BCUT2D eigenvalue weighted by atomic mass is 9.69. The van der Waals surface area contributed by atoms with Crippen molar-refractivity contribution in [3.05, 3.63) is 71.3 Å². The van der Waals surface area contributed by atoms with Gasteiger partial charge in [-0.25, -0.2) is 0 Å². The first-order chi connectivity index (χ1) is 14.1. The summed E-state index contributed by atoms with van der Waals surface area (Å²) < 4.78 is 0. The predicted molar refractivity (Wildman–Crippen MR) is 111 cm³/mol. The van der Waals surface area contributed by atoms with Crippen LogP contribution in [0.25, 0.3) is 0 Å². The fourth-order valence-corrected chi connectivity index (χ4v) is 4.60. The Bertz CT molecular complexity index is 882. The lowest BCUT2D eigenvalue weighted by molar-refractivity contribution is -0.121. The maximum atomic E-state index is 12.5. The summed E-state index contributed by atoms with van der Waals surface area (Å²) in [6.07, 6.45) is 5.82. The van der Waals surface area contributed by atoms with Crippen molar-refractivity contribution in [3.63, 3.8) is 0 Å². The van der Waals surface area contributed by atoms with Gasteiger partial charge in [0.25, 0.3) is 11.8 Å². The van der Waals surface area contributed by atoms with Crippen LogP contribution in [0.3, 0.4) is 0 Å². The highest BCUT2D eigenvalue weighted by Gasteiger charge is 2.36. The topological polar surface area (TPSA) is 66.5 Å². The van der Waals surface area contributed by atoms with Crippen molar-refractivity contribution in [2.24, 2.45) is 0 Å². The quantitative estimate of drug-likeness (QED) is 0.765. The zero-order chi connectivity index (χ0) is 20.3. The molecule has 0 spiro atoms. The zero-order valence-electron chi connectivity index (χ0n) is 16.5. The Morgan fingerprint density at radius 3 is 2.07 bits per heavy atom. The van der Waals surface area contributed by atoms with E-state index in [1.165, 1.54) is 29.7 Å². The standard InChI is InChI=1S/C24H26N2O3/c27-21(13-16-26-22(28)19-11-5-6-12-20(19)23(26)29)25-17-24(14-7-2-8-15-24)18-9-3-1-4-10-18/h1,3-6,9-12H,2,7-8,13-17H2,(H,25,27). The number of hydrogen-bond acceptors (Lipinski definition) is 3. The van der Waals surface area contributed by atoms with Crippen LogP contribution in [0, 0.1) is 0 Å². The van der Waals surface area contributed by atoms with Crippen molar-refractivity contribution >= 4 is 17.7 Å². The summed E-state index contributed by atoms with van der Waals surface area (Å²) in [6.45, 7) is 0.703. The van der Waals surface area contributed by atoms with Crippen molar-refractivity contribution in [3.8, 4) is 0 Å². The number of fused-ring (bicyclic) bond motifs is 1. The van der Waals surface area contributed by atoms with Crippen LogP contribution in [0.2, 0.25) is 0 Å². The van der Waals surface area contributed by atoms with E-state index in [1.54, 1.807) is 24.3 Å². The summed E-state index contributed by atoms with van der Waals surface area (Å²) in [5, 5.41) is 3.08. The SMILES string of the molecule is O=C(CCN1C(=O)c2ccccc2C1=O)NCC1(c2ccccc2)CCCCC1. The van der Waals surface area contributed by atoms with Crippen LogP contribution < -0.4 is 5.32 Å². The van der Waals surface area contributed by atoms with Crippen LogP contribution in [-0.2, 0) is 10.2 Å². The van der Waals surface area contributed by atoms with Gasteiger partial charge in [0.1, 0.15) is 0 Å². The van der Waals surface area contributed by atoms with E-state index in [0.717, 1.165) is 12.8 Å². The summed E-state index contributed by atoms with van der Waals surface area (Å²) in [5.74, 6) is -0.750. The molecule has 1 heterocycles. The second-order valence-corrected chi connectivity index (χ2v) is 8.04. The van der Waals surface area contributed by atoms with Gasteiger partial charge in [0.05, 0.1) is 11.1 Å². The minimum absolute atomic E-state index is 0.0231. The fraction of sp³-hybridized carbons (Fsp3) is 0.375. The van der Waals surface area contributed by atoms with E-state index in [-0.39, 0.29) is 36.1 Å². The number of nitrogens with one attached hydrogen (secondary N) is 1. The smallest absolute Gasteiger partial charge is 0.261 e. The number of rotatable bonds is 6. The van der Waals surface area contributed by atoms with Crippen LogP contribution in [0.4, 0.5) is 0 Å². The second-order valence-electron chi connectivity index (χ2n) is 8.04. The third-order valence-electron chi connectivity index (χ3n) is 6.26. The average molecular weight is 390 g/mol. The normalized spacial score (nSPS) is 17.9. The molecule has 0 radical (unpaired) electrons. The molecule has 2 aromatic rings. The Morgan fingerprint density at radius 2 is 1.45 bits per heavy atom. The van der Waals surface area contributed by atoms with E-state index in [9.17, 15) is 14.4 Å². The van der Waals surface area contributed by atoms with E-state index in [0.29, 0.717) is 17.7 Å². The molecule has 0 atom stereocenters. The van der Waals surface area contributed by atoms with E-state index in [4.69, 9.17) is 0 Å². The van der Waals surface area contributed by atoms with Gasteiger partial charge in [0, 0.05) is 24.9 Å². The van der Waals surface area contributed by atoms with Crippen LogP contribution in [0.1, 0.15) is 64.8 Å². The third-order valence-corrected chi connectivity index (χ3v) is 6.26. The Balaban J connectivity index is 1.36. The lowest BCUT2D eigenvalue weighted by Crippen LogP contribution is -2.43. The molecule has 5 heteroatoms. The molecule has 0 aromatic heterocycles. The Hall–Kier alpha value is -2.95. The largest absolute Gasteiger partial charge is 0.355 e. The van der Waals surface area contributed by atoms with E-state index < -0.39 is 0 Å². The first-order valence-electron chi connectivity index (χ1n) is 10.4. The van der Waals surface area contributed by atoms with Crippen LogP contribution in [0.5, 0.6) is 0 Å². The molecule has 3 amide bonds. The molecule has 29 heavy (non-hydrogen) atoms. The van der Waals surface area contributed by atoms with E-state index in [1.807, 2.05) is 6.07 Å². The number of hydrogen-bond donors (Lipinski definition) is 1. The molecule has 1 aliphatic carbocycles. The lowest BCUT2D eigenvalue weighted by Gasteiger charge is -2.38. The summed E-state index contributed by atoms with van der Waals surface area (Å²) in [4.78, 5) is 38.6. The van der Waals surface area contributed by atoms with Gasteiger partial charge in [-0.15, -0.1) is 0 Å². The minimum Gasteiger partial charge on any atom is -0.355 e. The van der Waals surface area contributed by atoms with Gasteiger partial charge in [-0.3, -0.25) is 19.3 Å². The number of nitrogens with zero attached hydrogens (tertiary/aromatic N) is 1. The molecule has 1 N–H and O–H groups in total. The highest BCUT2D eigenvalue weighted by Crippen LogP contribution is 2.38. The van der Waals surface area contributed by atoms with Gasteiger partial charge in [-0.2, -0.15) is 0 Å². The molecule has 4 rings (SSSR count). The number of carbonyl (C=O) groups excluding carboxylic acids is 3. The molecule has 0 bridgehead atoms. The molecular weight excluding hydrogens is 364 g/mol. The van der Waals surface area contributed by atoms with Gasteiger partial charge < -0.3 is 5.32 Å². The zero-order valence-corrected chi connectivity index (χ0v) is 16.5. The number of imide groups is 1. The number of carbonyl (C=O) groups is 3. The van der Waals surface area contributed by atoms with Crippen molar-refractivity contribution in [1.82, 2.24) is 10.2 Å². The minimum atomic E-state index is -0.313. The summed E-state index contributed by atoms with van der Waals surface area (Å²) >= 11 is 0. The molecule has 150 valence electrons. The summed E-state index contributed by atoms with van der Waals surface area (Å²) in [7, 11) is 0. The highest BCUT2D eigenvalue weighted by molar-refractivity contribution is 6.21. The molecule has 5 nitrogen and oxygen atoms in total. The monoisotopic (exact) mass is 390 g/mol. The molecular formula is C24H26N2O3. The predicted octanol–water partition coefficient (Wildman–Crippen LogP) is 3.69. The third kappa shape index (κ3) is 3.82. The first-order valence-corrected chi connectivity index (χ1v) is 10.4. The first kappa shape index (κ1) is 19.4. The molecule has 1 saturated carbocycles. The van der Waals surface area contributed by atoms with E-state index in [2.05, 4.69) is 29.6 Å². The molecule has 0 saturated heterocycles. The Kier molecular flexibility index (Phi) is 5.47. The van der Waals surface area contributed by atoms with Gasteiger partial charge in [0.15, 0.2) is 0 Å². The van der Waals surface area contributed by atoms with Gasteiger partial charge >= 0.3 is 0 Å². The van der Waals surface area contributed by atoms with Crippen LogP contribution >= 0.6 is 0 Å². The van der Waals surface area contributed by atoms with Crippen LogP contribution in [-0.4, -0.2) is 35.7 Å².